The van der Waals surface area contributed by atoms with Crippen molar-refractivity contribution in [3.8, 4) is 0 Å². The fourth-order valence-electron chi connectivity index (χ4n) is 3.64. The van der Waals surface area contributed by atoms with E-state index in [9.17, 15) is 4.79 Å². The van der Waals surface area contributed by atoms with Gasteiger partial charge in [-0.3, -0.25) is 9.89 Å². The highest BCUT2D eigenvalue weighted by Gasteiger charge is 2.38. The SMILES string of the molecule is O=C(NC[C@H]1CC[C@@H]2CCC[C@@H]21)c1cn[nH]c1. The Morgan fingerprint density at radius 2 is 2.35 bits per heavy atom. The van der Waals surface area contributed by atoms with Crippen LogP contribution in [-0.4, -0.2) is 22.6 Å². The number of aromatic amines is 1. The molecule has 0 aromatic carbocycles. The van der Waals surface area contributed by atoms with Crippen molar-refractivity contribution in [2.45, 2.75) is 32.1 Å². The number of nitrogens with one attached hydrogen (secondary N) is 2. The van der Waals surface area contributed by atoms with Crippen LogP contribution >= 0.6 is 0 Å². The molecule has 1 aromatic heterocycles. The third-order valence-corrected chi connectivity index (χ3v) is 4.52. The summed E-state index contributed by atoms with van der Waals surface area (Å²) in [4.78, 5) is 11.8. The van der Waals surface area contributed by atoms with Crippen molar-refractivity contribution < 1.29 is 4.79 Å². The lowest BCUT2D eigenvalue weighted by Crippen LogP contribution is -2.30. The molecule has 0 saturated heterocycles. The Labute approximate surface area is 101 Å². The number of fused-ring (bicyclic) bond motifs is 1. The van der Waals surface area contributed by atoms with E-state index in [4.69, 9.17) is 0 Å². The summed E-state index contributed by atoms with van der Waals surface area (Å²) in [6.45, 7) is 0.838. The van der Waals surface area contributed by atoms with Crippen molar-refractivity contribution >= 4 is 5.91 Å². The molecule has 3 rings (SSSR count). The van der Waals surface area contributed by atoms with Crippen LogP contribution in [0.15, 0.2) is 12.4 Å². The molecular weight excluding hydrogens is 214 g/mol. The minimum atomic E-state index is 0.000182. The molecule has 3 atom stereocenters. The third-order valence-electron chi connectivity index (χ3n) is 4.52. The number of rotatable bonds is 3. The summed E-state index contributed by atoms with van der Waals surface area (Å²) < 4.78 is 0. The lowest BCUT2D eigenvalue weighted by atomic mass is 9.92. The largest absolute Gasteiger partial charge is 0.352 e. The second kappa shape index (κ2) is 4.51. The van der Waals surface area contributed by atoms with Gasteiger partial charge in [0.25, 0.3) is 5.91 Å². The van der Waals surface area contributed by atoms with Crippen LogP contribution < -0.4 is 5.32 Å². The normalized spacial score (nSPS) is 31.4. The van der Waals surface area contributed by atoms with Gasteiger partial charge in [0.05, 0.1) is 11.8 Å². The molecule has 0 unspecified atom stereocenters. The van der Waals surface area contributed by atoms with E-state index in [1.165, 1.54) is 32.1 Å². The van der Waals surface area contributed by atoms with Gasteiger partial charge in [0.1, 0.15) is 0 Å². The summed E-state index contributed by atoms with van der Waals surface area (Å²) in [6, 6.07) is 0. The molecule has 0 bridgehead atoms. The van der Waals surface area contributed by atoms with Crippen LogP contribution in [0.5, 0.6) is 0 Å². The smallest absolute Gasteiger partial charge is 0.254 e. The summed E-state index contributed by atoms with van der Waals surface area (Å²) in [5.41, 5.74) is 0.631. The Bertz CT molecular complexity index is 387. The summed E-state index contributed by atoms with van der Waals surface area (Å²) in [5, 5.41) is 9.50. The Morgan fingerprint density at radius 3 is 3.18 bits per heavy atom. The third kappa shape index (κ3) is 2.08. The number of hydrogen-bond donors (Lipinski definition) is 2. The van der Waals surface area contributed by atoms with Crippen molar-refractivity contribution in [3.05, 3.63) is 18.0 Å². The van der Waals surface area contributed by atoms with E-state index >= 15 is 0 Å². The van der Waals surface area contributed by atoms with Crippen LogP contribution in [0.3, 0.4) is 0 Å². The maximum Gasteiger partial charge on any atom is 0.254 e. The van der Waals surface area contributed by atoms with Crippen molar-refractivity contribution in [3.63, 3.8) is 0 Å². The van der Waals surface area contributed by atoms with Crippen LogP contribution in [0.2, 0.25) is 0 Å². The van der Waals surface area contributed by atoms with E-state index < -0.39 is 0 Å². The van der Waals surface area contributed by atoms with Gasteiger partial charge < -0.3 is 5.32 Å². The number of amides is 1. The fraction of sp³-hybridized carbons (Fsp3) is 0.692. The van der Waals surface area contributed by atoms with Gasteiger partial charge in [0.15, 0.2) is 0 Å². The molecule has 2 aliphatic rings. The number of carbonyl (C=O) groups is 1. The number of H-pyrrole nitrogens is 1. The first kappa shape index (κ1) is 10.8. The first-order chi connectivity index (χ1) is 8.34. The lowest BCUT2D eigenvalue weighted by Gasteiger charge is -2.18. The first-order valence-corrected chi connectivity index (χ1v) is 6.61. The Hall–Kier alpha value is -1.32. The van der Waals surface area contributed by atoms with Crippen molar-refractivity contribution in [2.75, 3.05) is 6.54 Å². The van der Waals surface area contributed by atoms with Gasteiger partial charge in [-0.1, -0.05) is 12.8 Å². The molecule has 92 valence electrons. The minimum absolute atomic E-state index is 0.000182. The number of aromatic nitrogens is 2. The van der Waals surface area contributed by atoms with Gasteiger partial charge in [-0.05, 0) is 37.0 Å². The standard InChI is InChI=1S/C13H19N3O/c17-13(11-7-15-16-8-11)14-6-10-5-4-9-2-1-3-12(9)10/h7-10,12H,1-6H2,(H,14,17)(H,15,16)/t9-,10+,12-/m0/s1. The Morgan fingerprint density at radius 1 is 1.41 bits per heavy atom. The van der Waals surface area contributed by atoms with Crippen LogP contribution in [0.1, 0.15) is 42.5 Å². The maximum absolute atomic E-state index is 11.8. The van der Waals surface area contributed by atoms with E-state index in [1.807, 2.05) is 0 Å². The van der Waals surface area contributed by atoms with Gasteiger partial charge in [0, 0.05) is 12.7 Å². The van der Waals surface area contributed by atoms with Gasteiger partial charge in [-0.25, -0.2) is 0 Å². The summed E-state index contributed by atoms with van der Waals surface area (Å²) in [5.74, 6) is 2.53. The summed E-state index contributed by atoms with van der Waals surface area (Å²) >= 11 is 0. The number of nitrogens with zero attached hydrogens (tertiary/aromatic N) is 1. The average molecular weight is 233 g/mol. The van der Waals surface area contributed by atoms with Crippen LogP contribution in [0, 0.1) is 17.8 Å². The molecule has 2 fully saturated rings. The van der Waals surface area contributed by atoms with Gasteiger partial charge in [-0.15, -0.1) is 0 Å². The highest BCUT2D eigenvalue weighted by atomic mass is 16.1. The molecular formula is C13H19N3O. The fourth-order valence-corrected chi connectivity index (χ4v) is 3.64. The van der Waals surface area contributed by atoms with E-state index in [0.29, 0.717) is 11.5 Å². The van der Waals surface area contributed by atoms with E-state index in [2.05, 4.69) is 15.5 Å². The predicted octanol–water partition coefficient (Wildman–Crippen LogP) is 1.97. The zero-order chi connectivity index (χ0) is 11.7. The molecule has 4 nitrogen and oxygen atoms in total. The molecule has 4 heteroatoms. The average Bonchev–Trinajstić information content (AvgIpc) is 3.03. The first-order valence-electron chi connectivity index (χ1n) is 6.61. The molecule has 2 aliphatic carbocycles. The lowest BCUT2D eigenvalue weighted by molar-refractivity contribution is 0.0943. The van der Waals surface area contributed by atoms with Crippen LogP contribution in [-0.2, 0) is 0 Å². The molecule has 0 radical (unpaired) electrons. The molecule has 17 heavy (non-hydrogen) atoms. The number of carbonyl (C=O) groups excluding carboxylic acids is 1. The van der Waals surface area contributed by atoms with Gasteiger partial charge >= 0.3 is 0 Å². The molecule has 1 amide bonds. The predicted molar refractivity (Wildman–Crippen MR) is 64.5 cm³/mol. The van der Waals surface area contributed by atoms with Crippen molar-refractivity contribution in [1.29, 1.82) is 0 Å². The van der Waals surface area contributed by atoms with Crippen molar-refractivity contribution in [2.24, 2.45) is 17.8 Å². The maximum atomic E-state index is 11.8. The molecule has 1 aromatic rings. The highest BCUT2D eigenvalue weighted by molar-refractivity contribution is 5.93. The quantitative estimate of drug-likeness (QED) is 0.838. The molecule has 0 aliphatic heterocycles. The number of hydrogen-bond acceptors (Lipinski definition) is 2. The zero-order valence-corrected chi connectivity index (χ0v) is 9.98. The molecule has 0 spiro atoms. The van der Waals surface area contributed by atoms with E-state index in [-0.39, 0.29) is 5.91 Å². The topological polar surface area (TPSA) is 57.8 Å². The monoisotopic (exact) mass is 233 g/mol. The molecule has 1 heterocycles. The minimum Gasteiger partial charge on any atom is -0.352 e. The second-order valence-electron chi connectivity index (χ2n) is 5.39. The molecule has 2 saturated carbocycles. The van der Waals surface area contributed by atoms with Crippen LogP contribution in [0.4, 0.5) is 0 Å². The van der Waals surface area contributed by atoms with E-state index in [1.54, 1.807) is 12.4 Å². The van der Waals surface area contributed by atoms with Crippen molar-refractivity contribution in [1.82, 2.24) is 15.5 Å². The second-order valence-corrected chi connectivity index (χ2v) is 5.39. The molecule has 2 N–H and O–H groups in total. The Balaban J connectivity index is 1.53. The summed E-state index contributed by atoms with van der Waals surface area (Å²) in [6.07, 6.45) is 10.1. The Kier molecular flexibility index (Phi) is 2.87. The van der Waals surface area contributed by atoms with E-state index in [0.717, 1.165) is 18.4 Å². The summed E-state index contributed by atoms with van der Waals surface area (Å²) in [7, 11) is 0. The van der Waals surface area contributed by atoms with Gasteiger partial charge in [0.2, 0.25) is 0 Å². The highest BCUT2D eigenvalue weighted by Crippen LogP contribution is 2.47. The zero-order valence-electron chi connectivity index (χ0n) is 9.98. The van der Waals surface area contributed by atoms with Gasteiger partial charge in [-0.2, -0.15) is 5.10 Å². The van der Waals surface area contributed by atoms with Crippen LogP contribution in [0.25, 0.3) is 0 Å².